The molecule has 0 amide bonds. The van der Waals surface area contributed by atoms with Crippen LogP contribution in [0, 0.1) is 0 Å². The highest BCUT2D eigenvalue weighted by Crippen LogP contribution is 2.45. The molecule has 0 N–H and O–H groups in total. The summed E-state index contributed by atoms with van der Waals surface area (Å²) in [5.41, 5.74) is 8.20. The van der Waals surface area contributed by atoms with Crippen molar-refractivity contribution in [2.75, 3.05) is 4.90 Å². The van der Waals surface area contributed by atoms with E-state index in [4.69, 9.17) is 0 Å². The number of hydrogen-bond acceptors (Lipinski definition) is 1. The zero-order chi connectivity index (χ0) is 28.0. The van der Waals surface area contributed by atoms with E-state index >= 15 is 0 Å². The highest BCUT2D eigenvalue weighted by molar-refractivity contribution is 9.10. The molecule has 0 aliphatic heterocycles. The molecule has 8 rings (SSSR count). The minimum Gasteiger partial charge on any atom is -0.310 e. The van der Waals surface area contributed by atoms with E-state index in [1.807, 2.05) is 0 Å². The Morgan fingerprint density at radius 1 is 0.381 bits per heavy atom. The number of hydrogen-bond donors (Lipinski definition) is 0. The van der Waals surface area contributed by atoms with Gasteiger partial charge in [-0.3, -0.25) is 0 Å². The largest absolute Gasteiger partial charge is 0.310 e. The first-order valence-corrected chi connectivity index (χ1v) is 15.0. The number of rotatable bonds is 5. The molecular weight excluding hydrogens is 574 g/mol. The van der Waals surface area contributed by atoms with E-state index in [1.165, 1.54) is 54.6 Å². The molecule has 2 heteroatoms. The zero-order valence-corrected chi connectivity index (χ0v) is 24.4. The minimum atomic E-state index is 1.12. The van der Waals surface area contributed by atoms with E-state index in [0.717, 1.165) is 21.5 Å². The van der Waals surface area contributed by atoms with Crippen LogP contribution in [0.15, 0.2) is 162 Å². The molecular formula is C40H26BrN. The molecule has 198 valence electrons. The molecule has 0 heterocycles. The molecule has 0 radical (unpaired) electrons. The Morgan fingerprint density at radius 2 is 0.857 bits per heavy atom. The van der Waals surface area contributed by atoms with Crippen LogP contribution in [0.5, 0.6) is 0 Å². The van der Waals surface area contributed by atoms with Crippen LogP contribution in [0.2, 0.25) is 0 Å². The van der Waals surface area contributed by atoms with Gasteiger partial charge in [0.1, 0.15) is 0 Å². The summed E-state index contributed by atoms with van der Waals surface area (Å²) in [7, 11) is 0. The molecule has 0 spiro atoms. The second kappa shape index (κ2) is 10.2. The average Bonchev–Trinajstić information content (AvgIpc) is 3.06. The second-order valence-electron chi connectivity index (χ2n) is 10.7. The smallest absolute Gasteiger partial charge is 0.0540 e. The molecule has 1 nitrogen and oxygen atoms in total. The quantitative estimate of drug-likeness (QED) is 0.178. The van der Waals surface area contributed by atoms with Gasteiger partial charge >= 0.3 is 0 Å². The van der Waals surface area contributed by atoms with Crippen molar-refractivity contribution in [2.24, 2.45) is 0 Å². The van der Waals surface area contributed by atoms with Gasteiger partial charge in [-0.25, -0.2) is 0 Å². The number of anilines is 3. The van der Waals surface area contributed by atoms with Gasteiger partial charge in [-0.2, -0.15) is 0 Å². The predicted molar refractivity (Wildman–Crippen MR) is 183 cm³/mol. The van der Waals surface area contributed by atoms with Gasteiger partial charge in [0.2, 0.25) is 0 Å². The van der Waals surface area contributed by atoms with Crippen molar-refractivity contribution in [1.29, 1.82) is 0 Å². The highest BCUT2D eigenvalue weighted by Gasteiger charge is 2.19. The van der Waals surface area contributed by atoms with Gasteiger partial charge in [0.25, 0.3) is 0 Å². The first-order chi connectivity index (χ1) is 20.7. The van der Waals surface area contributed by atoms with Gasteiger partial charge in [-0.1, -0.05) is 137 Å². The number of nitrogens with zero attached hydrogens (tertiary/aromatic N) is 1. The first-order valence-electron chi connectivity index (χ1n) is 14.2. The molecule has 0 fully saturated rings. The van der Waals surface area contributed by atoms with Gasteiger partial charge in [0.15, 0.2) is 0 Å². The van der Waals surface area contributed by atoms with E-state index in [0.29, 0.717) is 0 Å². The molecule has 8 aromatic rings. The Morgan fingerprint density at radius 3 is 1.45 bits per heavy atom. The van der Waals surface area contributed by atoms with Crippen molar-refractivity contribution in [3.8, 4) is 22.3 Å². The second-order valence-corrected chi connectivity index (χ2v) is 11.6. The molecule has 0 bridgehead atoms. The molecule has 42 heavy (non-hydrogen) atoms. The van der Waals surface area contributed by atoms with Crippen molar-refractivity contribution in [1.82, 2.24) is 0 Å². The van der Waals surface area contributed by atoms with E-state index in [-0.39, 0.29) is 0 Å². The predicted octanol–water partition coefficient (Wildman–Crippen LogP) is 12.2. The summed E-state index contributed by atoms with van der Waals surface area (Å²) in [6.07, 6.45) is 0. The lowest BCUT2D eigenvalue weighted by Crippen LogP contribution is -2.11. The van der Waals surface area contributed by atoms with Gasteiger partial charge < -0.3 is 4.90 Å². The third-order valence-electron chi connectivity index (χ3n) is 8.25. The lowest BCUT2D eigenvalue weighted by atomic mass is 9.93. The Balaban J connectivity index is 1.41. The maximum absolute atomic E-state index is 3.81. The maximum Gasteiger partial charge on any atom is 0.0540 e. The summed E-state index contributed by atoms with van der Waals surface area (Å²) in [5.74, 6) is 0. The van der Waals surface area contributed by atoms with Crippen LogP contribution in [-0.4, -0.2) is 0 Å². The molecule has 0 saturated heterocycles. The SMILES string of the molecule is Brc1ccc2ccc3c(N(c4cccc(-c5ccccc5)c4)c4cccc(-c5ccccc5)c4)ccc4ccc1c2c43. The Labute approximate surface area is 253 Å². The van der Waals surface area contributed by atoms with Crippen LogP contribution in [-0.2, 0) is 0 Å². The zero-order valence-electron chi connectivity index (χ0n) is 22.8. The summed E-state index contributed by atoms with van der Waals surface area (Å²) in [6, 6.07) is 56.9. The monoisotopic (exact) mass is 599 g/mol. The summed E-state index contributed by atoms with van der Waals surface area (Å²) in [5, 5.41) is 7.59. The molecule has 0 aliphatic carbocycles. The van der Waals surface area contributed by atoms with Crippen molar-refractivity contribution in [3.05, 3.63) is 162 Å². The minimum absolute atomic E-state index is 1.12. The third-order valence-corrected chi connectivity index (χ3v) is 8.94. The molecule has 8 aromatic carbocycles. The summed E-state index contributed by atoms with van der Waals surface area (Å²) < 4.78 is 1.12. The van der Waals surface area contributed by atoms with Crippen LogP contribution < -0.4 is 4.90 Å². The van der Waals surface area contributed by atoms with Crippen LogP contribution in [0.1, 0.15) is 0 Å². The summed E-state index contributed by atoms with van der Waals surface area (Å²) in [6.45, 7) is 0. The van der Waals surface area contributed by atoms with Gasteiger partial charge in [-0.05, 0) is 85.6 Å². The molecule has 0 saturated carbocycles. The lowest BCUT2D eigenvalue weighted by Gasteiger charge is -2.28. The molecule has 0 aliphatic rings. The molecule has 0 unspecified atom stereocenters. The fourth-order valence-corrected chi connectivity index (χ4v) is 6.75. The van der Waals surface area contributed by atoms with Crippen LogP contribution in [0.3, 0.4) is 0 Å². The fourth-order valence-electron chi connectivity index (χ4n) is 6.28. The van der Waals surface area contributed by atoms with E-state index < -0.39 is 0 Å². The number of benzene rings is 8. The summed E-state index contributed by atoms with van der Waals surface area (Å²) >= 11 is 3.81. The van der Waals surface area contributed by atoms with Crippen LogP contribution in [0.25, 0.3) is 54.6 Å². The third kappa shape index (κ3) is 4.15. The van der Waals surface area contributed by atoms with E-state index in [2.05, 4.69) is 179 Å². The molecule has 0 aromatic heterocycles. The number of halogens is 1. The van der Waals surface area contributed by atoms with E-state index in [1.54, 1.807) is 0 Å². The summed E-state index contributed by atoms with van der Waals surface area (Å²) in [4.78, 5) is 2.42. The van der Waals surface area contributed by atoms with Crippen molar-refractivity contribution in [2.45, 2.75) is 0 Å². The van der Waals surface area contributed by atoms with Crippen molar-refractivity contribution in [3.63, 3.8) is 0 Å². The first kappa shape index (κ1) is 24.8. The fraction of sp³-hybridized carbons (Fsp3) is 0. The van der Waals surface area contributed by atoms with E-state index in [9.17, 15) is 0 Å². The van der Waals surface area contributed by atoms with Crippen LogP contribution in [0.4, 0.5) is 17.1 Å². The topological polar surface area (TPSA) is 3.24 Å². The van der Waals surface area contributed by atoms with Gasteiger partial charge in [-0.15, -0.1) is 0 Å². The highest BCUT2D eigenvalue weighted by atomic mass is 79.9. The standard InChI is InChI=1S/C40H26BrN/c41-37-23-19-29-18-22-36-38(24-20-30-17-21-35(37)39(29)40(30)36)42(33-15-7-13-31(25-33)27-9-3-1-4-10-27)34-16-8-14-32(26-34)28-11-5-2-6-12-28/h1-26H. The van der Waals surface area contributed by atoms with Crippen molar-refractivity contribution >= 4 is 65.3 Å². The Kier molecular flexibility index (Phi) is 6.01. The Hall–Kier alpha value is -4.92. The van der Waals surface area contributed by atoms with Crippen LogP contribution >= 0.6 is 15.9 Å². The van der Waals surface area contributed by atoms with Gasteiger partial charge in [0.05, 0.1) is 5.69 Å². The average molecular weight is 601 g/mol. The normalized spacial score (nSPS) is 11.5. The maximum atomic E-state index is 3.81. The Bertz CT molecular complexity index is 2120. The van der Waals surface area contributed by atoms with Gasteiger partial charge in [0, 0.05) is 21.2 Å². The lowest BCUT2D eigenvalue weighted by molar-refractivity contribution is 1.30. The van der Waals surface area contributed by atoms with Crippen molar-refractivity contribution < 1.29 is 0 Å². The molecule has 0 atom stereocenters.